The van der Waals surface area contributed by atoms with Crippen LogP contribution in [0.4, 0.5) is 23.2 Å². The molecule has 1 aromatic heterocycles. The predicted octanol–water partition coefficient (Wildman–Crippen LogP) is 1.81. The molecule has 0 spiro atoms. The highest BCUT2D eigenvalue weighted by Crippen LogP contribution is 2.30. The summed E-state index contributed by atoms with van der Waals surface area (Å²) in [6.07, 6.45) is -5.05. The van der Waals surface area contributed by atoms with E-state index >= 15 is 0 Å². The van der Waals surface area contributed by atoms with E-state index in [2.05, 4.69) is 14.5 Å². The normalized spacial score (nSPS) is 11.0. The first kappa shape index (κ1) is 14.6. The molecule has 7 nitrogen and oxygen atoms in total. The summed E-state index contributed by atoms with van der Waals surface area (Å²) in [6, 6.07) is 0. The second kappa shape index (κ2) is 5.04. The molecule has 0 saturated carbocycles. The van der Waals surface area contributed by atoms with E-state index in [1.165, 1.54) is 0 Å². The van der Waals surface area contributed by atoms with E-state index < -0.39 is 40.2 Å². The number of pyridine rings is 1. The van der Waals surface area contributed by atoms with Gasteiger partial charge in [0.2, 0.25) is 11.7 Å². The largest absolute Gasteiger partial charge is 0.574 e. The third kappa shape index (κ3) is 3.26. The van der Waals surface area contributed by atoms with Crippen LogP contribution in [-0.2, 0) is 4.74 Å². The number of esters is 1. The molecule has 104 valence electrons. The summed E-state index contributed by atoms with van der Waals surface area (Å²) in [5.41, 5.74) is -2.69. The van der Waals surface area contributed by atoms with Gasteiger partial charge in [0.05, 0.1) is 12.0 Å². The van der Waals surface area contributed by atoms with Gasteiger partial charge in [-0.05, 0) is 0 Å². The van der Waals surface area contributed by atoms with Crippen LogP contribution in [0.2, 0.25) is 0 Å². The number of carbonyl (C=O) groups is 1. The summed E-state index contributed by atoms with van der Waals surface area (Å²) in [6.45, 7) is 0. The van der Waals surface area contributed by atoms with Crippen LogP contribution in [0.5, 0.6) is 5.88 Å². The lowest BCUT2D eigenvalue weighted by atomic mass is 10.2. The van der Waals surface area contributed by atoms with Crippen molar-refractivity contribution in [3.8, 4) is 5.88 Å². The van der Waals surface area contributed by atoms with Crippen LogP contribution >= 0.6 is 0 Å². The monoisotopic (exact) mass is 284 g/mol. The summed E-state index contributed by atoms with van der Waals surface area (Å²) in [5, 5.41) is 10.4. The van der Waals surface area contributed by atoms with Crippen molar-refractivity contribution in [2.45, 2.75) is 6.36 Å². The van der Waals surface area contributed by atoms with E-state index in [0.29, 0.717) is 0 Å². The topological polar surface area (TPSA) is 91.6 Å². The van der Waals surface area contributed by atoms with Crippen LogP contribution in [0.15, 0.2) is 6.20 Å². The van der Waals surface area contributed by atoms with E-state index in [1.807, 2.05) is 0 Å². The number of nitrogens with zero attached hydrogens (tertiary/aromatic N) is 2. The quantitative estimate of drug-likeness (QED) is 0.364. The van der Waals surface area contributed by atoms with Gasteiger partial charge in [0.25, 0.3) is 0 Å². The Balaban J connectivity index is 3.44. The molecule has 0 atom stereocenters. The van der Waals surface area contributed by atoms with Crippen LogP contribution in [0.1, 0.15) is 10.4 Å². The summed E-state index contributed by atoms with van der Waals surface area (Å²) < 4.78 is 56.9. The fourth-order valence-electron chi connectivity index (χ4n) is 1.06. The van der Waals surface area contributed by atoms with Gasteiger partial charge in [-0.3, -0.25) is 10.1 Å². The maximum atomic E-state index is 13.6. The molecule has 0 fully saturated rings. The van der Waals surface area contributed by atoms with Crippen LogP contribution in [0, 0.1) is 15.9 Å². The number of ether oxygens (including phenoxy) is 2. The average Bonchev–Trinajstić information content (AvgIpc) is 2.25. The third-order valence-corrected chi connectivity index (χ3v) is 1.76. The minimum Gasteiger partial charge on any atom is -0.465 e. The second-order valence-corrected chi connectivity index (χ2v) is 2.93. The van der Waals surface area contributed by atoms with Gasteiger partial charge in [0.15, 0.2) is 5.56 Å². The Labute approximate surface area is 101 Å². The Morgan fingerprint density at radius 1 is 1.47 bits per heavy atom. The molecule has 11 heteroatoms. The molecular weight excluding hydrogens is 280 g/mol. The lowest BCUT2D eigenvalue weighted by molar-refractivity contribution is -0.388. The fraction of sp³-hybridized carbons (Fsp3) is 0.250. The third-order valence-electron chi connectivity index (χ3n) is 1.76. The standard InChI is InChI=1S/C8H4F4N2O5/c1-18-7(15)4-5(9)3(14(16)17)2-13-6(4)19-8(10,11)12/h2H,1H3. The van der Waals surface area contributed by atoms with Gasteiger partial charge in [-0.1, -0.05) is 0 Å². The van der Waals surface area contributed by atoms with Crippen molar-refractivity contribution in [2.75, 3.05) is 7.11 Å². The van der Waals surface area contributed by atoms with Crippen molar-refractivity contribution < 1.29 is 36.8 Å². The van der Waals surface area contributed by atoms with Crippen LogP contribution in [-0.4, -0.2) is 29.3 Å². The van der Waals surface area contributed by atoms with Crippen molar-refractivity contribution in [3.05, 3.63) is 27.7 Å². The predicted molar refractivity (Wildman–Crippen MR) is 48.9 cm³/mol. The summed E-state index contributed by atoms with van der Waals surface area (Å²) in [4.78, 5) is 23.2. The number of hydrogen-bond acceptors (Lipinski definition) is 6. The molecule has 0 unspecified atom stereocenters. The molecule has 0 aliphatic rings. The second-order valence-electron chi connectivity index (χ2n) is 2.93. The van der Waals surface area contributed by atoms with Crippen molar-refractivity contribution in [1.29, 1.82) is 0 Å². The molecule has 0 bridgehead atoms. The molecule has 0 N–H and O–H groups in total. The van der Waals surface area contributed by atoms with Crippen molar-refractivity contribution in [2.24, 2.45) is 0 Å². The Bertz CT molecular complexity index is 531. The summed E-state index contributed by atoms with van der Waals surface area (Å²) >= 11 is 0. The number of halogens is 4. The lowest BCUT2D eigenvalue weighted by Crippen LogP contribution is -2.21. The Kier molecular flexibility index (Phi) is 3.87. The molecule has 1 rings (SSSR count). The Morgan fingerprint density at radius 3 is 2.47 bits per heavy atom. The maximum absolute atomic E-state index is 13.6. The van der Waals surface area contributed by atoms with Crippen molar-refractivity contribution in [3.63, 3.8) is 0 Å². The molecule has 1 aromatic rings. The first-order chi connectivity index (χ1) is 8.67. The highest BCUT2D eigenvalue weighted by molar-refractivity contribution is 5.92. The molecule has 0 saturated heterocycles. The molecule has 19 heavy (non-hydrogen) atoms. The van der Waals surface area contributed by atoms with Crippen molar-refractivity contribution in [1.82, 2.24) is 4.98 Å². The minimum atomic E-state index is -5.25. The van der Waals surface area contributed by atoms with E-state index in [4.69, 9.17) is 0 Å². The molecule has 0 aromatic carbocycles. The van der Waals surface area contributed by atoms with Crippen LogP contribution < -0.4 is 4.74 Å². The number of alkyl halides is 3. The van der Waals surface area contributed by atoms with Crippen LogP contribution in [0.3, 0.4) is 0 Å². The molecule has 0 aliphatic carbocycles. The first-order valence-corrected chi connectivity index (χ1v) is 4.34. The molecule has 1 heterocycles. The highest BCUT2D eigenvalue weighted by atomic mass is 19.4. The van der Waals surface area contributed by atoms with Gasteiger partial charge < -0.3 is 9.47 Å². The Morgan fingerprint density at radius 2 is 2.05 bits per heavy atom. The van der Waals surface area contributed by atoms with E-state index in [0.717, 1.165) is 7.11 Å². The van der Waals surface area contributed by atoms with Crippen LogP contribution in [0.25, 0.3) is 0 Å². The lowest BCUT2D eigenvalue weighted by Gasteiger charge is -2.11. The summed E-state index contributed by atoms with van der Waals surface area (Å²) in [7, 11) is 0.748. The summed E-state index contributed by atoms with van der Waals surface area (Å²) in [5.74, 6) is -4.89. The van der Waals surface area contributed by atoms with E-state index in [-0.39, 0.29) is 6.20 Å². The number of aromatic nitrogens is 1. The Hall–Kier alpha value is -2.46. The van der Waals surface area contributed by atoms with E-state index in [1.54, 1.807) is 0 Å². The fourth-order valence-corrected chi connectivity index (χ4v) is 1.06. The zero-order valence-corrected chi connectivity index (χ0v) is 9.02. The smallest absolute Gasteiger partial charge is 0.465 e. The van der Waals surface area contributed by atoms with Gasteiger partial charge in [-0.25, -0.2) is 9.78 Å². The number of nitro groups is 1. The average molecular weight is 284 g/mol. The zero-order chi connectivity index (χ0) is 14.8. The molecule has 0 radical (unpaired) electrons. The van der Waals surface area contributed by atoms with Crippen molar-refractivity contribution >= 4 is 11.7 Å². The molecule has 0 amide bonds. The number of rotatable bonds is 3. The minimum absolute atomic E-state index is 0.197. The van der Waals surface area contributed by atoms with Gasteiger partial charge in [0.1, 0.15) is 6.20 Å². The SMILES string of the molecule is COC(=O)c1c(OC(F)(F)F)ncc([N+](=O)[O-])c1F. The van der Waals surface area contributed by atoms with Gasteiger partial charge in [-0.15, -0.1) is 13.2 Å². The highest BCUT2D eigenvalue weighted by Gasteiger charge is 2.37. The first-order valence-electron chi connectivity index (χ1n) is 4.34. The van der Waals surface area contributed by atoms with Gasteiger partial charge >= 0.3 is 18.0 Å². The number of carbonyl (C=O) groups excluding carboxylic acids is 1. The molecule has 0 aliphatic heterocycles. The van der Waals surface area contributed by atoms with E-state index in [9.17, 15) is 32.5 Å². The van der Waals surface area contributed by atoms with Gasteiger partial charge in [0, 0.05) is 0 Å². The number of hydrogen-bond donors (Lipinski definition) is 0. The molecular formula is C8H4F4N2O5. The maximum Gasteiger partial charge on any atom is 0.574 e. The number of methoxy groups -OCH3 is 1. The van der Waals surface area contributed by atoms with Gasteiger partial charge in [-0.2, -0.15) is 4.39 Å². The zero-order valence-electron chi connectivity index (χ0n) is 9.02.